The summed E-state index contributed by atoms with van der Waals surface area (Å²) in [7, 11) is 1.55. The Morgan fingerprint density at radius 2 is 2.14 bits per heavy atom. The third kappa shape index (κ3) is 0.915. The van der Waals surface area contributed by atoms with Crippen molar-refractivity contribution in [1.82, 2.24) is 0 Å². The summed E-state index contributed by atoms with van der Waals surface area (Å²) in [5.41, 5.74) is 4.25. The Balaban J connectivity index is 2.65. The molecule has 74 valence electrons. The number of nitrogens with zero attached hydrogens (tertiary/aromatic N) is 1. The van der Waals surface area contributed by atoms with E-state index in [1.165, 1.54) is 4.90 Å². The topological polar surface area (TPSA) is 46.3 Å². The van der Waals surface area contributed by atoms with E-state index in [1.54, 1.807) is 31.3 Å². The summed E-state index contributed by atoms with van der Waals surface area (Å²) in [6.07, 6.45) is 0. The Hall–Kier alpha value is -1.42. The number of alkyl halides is 1. The van der Waals surface area contributed by atoms with Crippen LogP contribution in [-0.4, -0.2) is 19.5 Å². The predicted octanol–water partition coefficient (Wildman–Crippen LogP) is 0.786. The number of carbonyl (C=O) groups excluding carboxylic acids is 1. The van der Waals surface area contributed by atoms with Crippen LogP contribution in [0.1, 0.15) is 5.56 Å². The largest absolute Gasteiger partial charge is 0.327 e. The lowest BCUT2D eigenvalue weighted by Crippen LogP contribution is -2.40. The van der Waals surface area contributed by atoms with Crippen LogP contribution < -0.4 is 10.6 Å². The van der Waals surface area contributed by atoms with Gasteiger partial charge in [-0.2, -0.15) is 0 Å². The lowest BCUT2D eigenvalue weighted by Gasteiger charge is -2.15. The molecule has 1 aliphatic rings. The summed E-state index contributed by atoms with van der Waals surface area (Å²) in [6, 6.07) is 6.79. The van der Waals surface area contributed by atoms with Crippen molar-refractivity contribution in [3.05, 3.63) is 29.8 Å². The van der Waals surface area contributed by atoms with Crippen molar-refractivity contribution < 1.29 is 9.18 Å². The van der Waals surface area contributed by atoms with Gasteiger partial charge >= 0.3 is 0 Å². The summed E-state index contributed by atoms with van der Waals surface area (Å²) < 4.78 is 14.2. The van der Waals surface area contributed by atoms with Gasteiger partial charge in [0.05, 0.1) is 5.69 Å². The molecule has 0 fully saturated rings. The monoisotopic (exact) mass is 194 g/mol. The quantitative estimate of drug-likeness (QED) is 0.718. The second-order valence-corrected chi connectivity index (χ2v) is 3.39. The standard InChI is InChI=1S/C10H11FN2O/c1-13-8-5-3-2-4-7(8)10(11,6-12)9(13)14/h2-5H,6,12H2,1H3. The molecule has 0 aromatic heterocycles. The van der Waals surface area contributed by atoms with Crippen molar-refractivity contribution in [2.24, 2.45) is 5.73 Å². The molecule has 2 N–H and O–H groups in total. The van der Waals surface area contributed by atoms with E-state index >= 15 is 0 Å². The number of nitrogens with two attached hydrogens (primary N) is 1. The number of likely N-dealkylation sites (N-methyl/N-ethyl adjacent to an activating group) is 1. The molecule has 2 rings (SSSR count). The molecule has 14 heavy (non-hydrogen) atoms. The molecular weight excluding hydrogens is 183 g/mol. The van der Waals surface area contributed by atoms with Crippen LogP contribution in [0.3, 0.4) is 0 Å². The van der Waals surface area contributed by atoms with E-state index in [4.69, 9.17) is 5.73 Å². The zero-order chi connectivity index (χ0) is 10.3. The molecule has 1 atom stereocenters. The number of para-hydroxylation sites is 1. The number of hydrogen-bond donors (Lipinski definition) is 1. The predicted molar refractivity (Wildman–Crippen MR) is 51.7 cm³/mol. The highest BCUT2D eigenvalue weighted by molar-refractivity contribution is 6.06. The smallest absolute Gasteiger partial charge is 0.270 e. The summed E-state index contributed by atoms with van der Waals surface area (Å²) in [5.74, 6) is -0.582. The minimum atomic E-state index is -2.04. The average molecular weight is 194 g/mol. The molecule has 0 saturated carbocycles. The zero-order valence-electron chi connectivity index (χ0n) is 7.83. The molecule has 0 aliphatic carbocycles. The van der Waals surface area contributed by atoms with Crippen LogP contribution in [0.4, 0.5) is 10.1 Å². The summed E-state index contributed by atoms with van der Waals surface area (Å²) in [4.78, 5) is 12.9. The molecule has 1 amide bonds. The van der Waals surface area contributed by atoms with Crippen molar-refractivity contribution in [3.8, 4) is 0 Å². The highest BCUT2D eigenvalue weighted by atomic mass is 19.1. The first kappa shape index (κ1) is 9.15. The second-order valence-electron chi connectivity index (χ2n) is 3.39. The SMILES string of the molecule is CN1C(=O)C(F)(CN)c2ccccc21. The van der Waals surface area contributed by atoms with Crippen LogP contribution >= 0.6 is 0 Å². The van der Waals surface area contributed by atoms with Gasteiger partial charge in [-0.05, 0) is 6.07 Å². The third-order valence-electron chi connectivity index (χ3n) is 2.62. The van der Waals surface area contributed by atoms with Crippen LogP contribution in [0.25, 0.3) is 0 Å². The van der Waals surface area contributed by atoms with Gasteiger partial charge < -0.3 is 10.6 Å². The third-order valence-corrected chi connectivity index (χ3v) is 2.62. The van der Waals surface area contributed by atoms with Gasteiger partial charge in [-0.25, -0.2) is 4.39 Å². The summed E-state index contributed by atoms with van der Waals surface area (Å²) in [6.45, 7) is -0.312. The molecule has 0 saturated heterocycles. The van der Waals surface area contributed by atoms with Crippen LogP contribution in [-0.2, 0) is 10.5 Å². The van der Waals surface area contributed by atoms with Crippen LogP contribution in [0, 0.1) is 0 Å². The maximum atomic E-state index is 14.2. The molecule has 1 aromatic carbocycles. The van der Waals surface area contributed by atoms with E-state index in [2.05, 4.69) is 0 Å². The number of rotatable bonds is 1. The zero-order valence-corrected chi connectivity index (χ0v) is 7.83. The molecule has 0 bridgehead atoms. The Labute approximate surface area is 81.3 Å². The van der Waals surface area contributed by atoms with E-state index < -0.39 is 11.6 Å². The van der Waals surface area contributed by atoms with Gasteiger partial charge in [0.1, 0.15) is 0 Å². The first-order chi connectivity index (χ1) is 6.61. The molecule has 0 radical (unpaired) electrons. The van der Waals surface area contributed by atoms with Gasteiger partial charge in [-0.1, -0.05) is 18.2 Å². The number of halogens is 1. The fourth-order valence-corrected chi connectivity index (χ4v) is 1.79. The first-order valence-corrected chi connectivity index (χ1v) is 4.38. The fraction of sp³-hybridized carbons (Fsp3) is 0.300. The molecule has 3 nitrogen and oxygen atoms in total. The van der Waals surface area contributed by atoms with Crippen molar-refractivity contribution >= 4 is 11.6 Å². The Kier molecular flexibility index (Phi) is 1.82. The first-order valence-electron chi connectivity index (χ1n) is 4.38. The van der Waals surface area contributed by atoms with E-state index in [-0.39, 0.29) is 6.54 Å². The van der Waals surface area contributed by atoms with Crippen molar-refractivity contribution in [1.29, 1.82) is 0 Å². The van der Waals surface area contributed by atoms with Crippen molar-refractivity contribution in [3.63, 3.8) is 0 Å². The van der Waals surface area contributed by atoms with E-state index in [9.17, 15) is 9.18 Å². The number of carbonyl (C=O) groups is 1. The Bertz CT molecular complexity index is 393. The Morgan fingerprint density at radius 3 is 2.79 bits per heavy atom. The average Bonchev–Trinajstić information content (AvgIpc) is 2.43. The van der Waals surface area contributed by atoms with Gasteiger partial charge in [0.15, 0.2) is 0 Å². The summed E-state index contributed by atoms with van der Waals surface area (Å²) in [5, 5.41) is 0. The molecule has 1 aliphatic heterocycles. The Morgan fingerprint density at radius 1 is 1.50 bits per heavy atom. The lowest BCUT2D eigenvalue weighted by molar-refractivity contribution is -0.128. The highest BCUT2D eigenvalue weighted by Gasteiger charge is 2.49. The number of fused-ring (bicyclic) bond motifs is 1. The molecule has 1 heterocycles. The van der Waals surface area contributed by atoms with Crippen molar-refractivity contribution in [2.45, 2.75) is 5.67 Å². The van der Waals surface area contributed by atoms with Gasteiger partial charge in [0, 0.05) is 19.2 Å². The van der Waals surface area contributed by atoms with E-state index in [1.807, 2.05) is 0 Å². The van der Waals surface area contributed by atoms with Crippen LogP contribution in [0.15, 0.2) is 24.3 Å². The van der Waals surface area contributed by atoms with Crippen LogP contribution in [0.5, 0.6) is 0 Å². The van der Waals surface area contributed by atoms with Gasteiger partial charge in [0.25, 0.3) is 5.91 Å². The number of benzene rings is 1. The molecule has 1 aromatic rings. The van der Waals surface area contributed by atoms with Gasteiger partial charge in [-0.3, -0.25) is 4.79 Å². The second kappa shape index (κ2) is 2.78. The van der Waals surface area contributed by atoms with Crippen LogP contribution in [0.2, 0.25) is 0 Å². The normalized spacial score (nSPS) is 25.4. The molecular formula is C10H11FN2O. The van der Waals surface area contributed by atoms with E-state index in [0.717, 1.165) is 0 Å². The van der Waals surface area contributed by atoms with Gasteiger partial charge in [-0.15, -0.1) is 0 Å². The van der Waals surface area contributed by atoms with E-state index in [0.29, 0.717) is 11.3 Å². The highest BCUT2D eigenvalue weighted by Crippen LogP contribution is 2.41. The number of hydrogen-bond acceptors (Lipinski definition) is 2. The molecule has 4 heteroatoms. The van der Waals surface area contributed by atoms with Crippen molar-refractivity contribution in [2.75, 3.05) is 18.5 Å². The number of anilines is 1. The minimum absolute atomic E-state index is 0.312. The molecule has 1 unspecified atom stereocenters. The van der Waals surface area contributed by atoms with Gasteiger partial charge in [0.2, 0.25) is 5.67 Å². The summed E-state index contributed by atoms with van der Waals surface area (Å²) >= 11 is 0. The maximum absolute atomic E-state index is 14.2. The molecule has 0 spiro atoms. The lowest BCUT2D eigenvalue weighted by atomic mass is 9.98. The minimum Gasteiger partial charge on any atom is -0.327 e. The number of amides is 1. The fourth-order valence-electron chi connectivity index (χ4n) is 1.79. The maximum Gasteiger partial charge on any atom is 0.270 e.